The summed E-state index contributed by atoms with van der Waals surface area (Å²) in [5, 5.41) is 10.0. The molecule has 2 aromatic carbocycles. The minimum Gasteiger partial charge on any atom is -0.438 e. The van der Waals surface area contributed by atoms with Crippen LogP contribution in [0.3, 0.4) is 0 Å². The lowest BCUT2D eigenvalue weighted by atomic mass is 10.0. The van der Waals surface area contributed by atoms with Gasteiger partial charge in [0.1, 0.15) is 17.4 Å². The van der Waals surface area contributed by atoms with Gasteiger partial charge in [-0.1, -0.05) is 29.8 Å². The second-order valence-electron chi connectivity index (χ2n) is 5.29. The molecule has 1 aromatic heterocycles. The molecule has 0 aliphatic carbocycles. The van der Waals surface area contributed by atoms with E-state index in [2.05, 4.69) is 4.98 Å². The van der Waals surface area contributed by atoms with E-state index in [0.29, 0.717) is 16.1 Å². The number of alkyl halides is 3. The summed E-state index contributed by atoms with van der Waals surface area (Å²) in [6, 6.07) is 14.8. The zero-order chi connectivity index (χ0) is 18.7. The van der Waals surface area contributed by atoms with Gasteiger partial charge in [0.2, 0.25) is 5.88 Å². The average molecular weight is 375 g/mol. The number of ether oxygens (including phenoxy) is 1. The van der Waals surface area contributed by atoms with E-state index in [0.717, 1.165) is 12.1 Å². The van der Waals surface area contributed by atoms with Gasteiger partial charge in [0.05, 0.1) is 5.56 Å². The molecule has 7 heteroatoms. The molecule has 0 radical (unpaired) electrons. The van der Waals surface area contributed by atoms with E-state index in [9.17, 15) is 18.4 Å². The standard InChI is InChI=1S/C19H10ClF3N2O/c20-14-6-4-12(5-7-14)16-8-9-25-18(17(16)11-24)26-15-3-1-2-13(10-15)19(21,22)23/h1-10H. The molecule has 0 unspecified atom stereocenters. The minimum atomic E-state index is -4.49. The minimum absolute atomic E-state index is 0.0583. The van der Waals surface area contributed by atoms with Crippen molar-refractivity contribution in [3.63, 3.8) is 0 Å². The molecule has 1 heterocycles. The molecule has 0 bridgehead atoms. The maximum Gasteiger partial charge on any atom is 0.416 e. The number of hydrogen-bond donors (Lipinski definition) is 0. The van der Waals surface area contributed by atoms with E-state index in [-0.39, 0.29) is 17.2 Å². The Morgan fingerprint density at radius 3 is 2.42 bits per heavy atom. The van der Waals surface area contributed by atoms with Crippen LogP contribution in [0.5, 0.6) is 11.6 Å². The summed E-state index contributed by atoms with van der Waals surface area (Å²) in [5.74, 6) is -0.128. The molecule has 0 atom stereocenters. The molecular weight excluding hydrogens is 365 g/mol. The molecule has 0 aliphatic rings. The van der Waals surface area contributed by atoms with Crippen molar-refractivity contribution in [3.8, 4) is 28.8 Å². The zero-order valence-electron chi connectivity index (χ0n) is 13.1. The number of rotatable bonds is 3. The molecule has 0 saturated carbocycles. The van der Waals surface area contributed by atoms with Gasteiger partial charge in [-0.3, -0.25) is 0 Å². The fraction of sp³-hybridized carbons (Fsp3) is 0.0526. The highest BCUT2D eigenvalue weighted by Crippen LogP contribution is 2.35. The van der Waals surface area contributed by atoms with Crippen molar-refractivity contribution in [3.05, 3.63) is 76.9 Å². The van der Waals surface area contributed by atoms with E-state index in [1.165, 1.54) is 18.3 Å². The molecule has 0 saturated heterocycles. The van der Waals surface area contributed by atoms with Crippen LogP contribution in [0.1, 0.15) is 11.1 Å². The molecule has 0 spiro atoms. The number of aromatic nitrogens is 1. The van der Waals surface area contributed by atoms with Crippen LogP contribution < -0.4 is 4.74 Å². The van der Waals surface area contributed by atoms with E-state index < -0.39 is 11.7 Å². The molecule has 0 fully saturated rings. The summed E-state index contributed by atoms with van der Waals surface area (Å²) < 4.78 is 44.0. The third-order valence-corrected chi connectivity index (χ3v) is 3.81. The topological polar surface area (TPSA) is 45.9 Å². The lowest BCUT2D eigenvalue weighted by molar-refractivity contribution is -0.137. The van der Waals surface area contributed by atoms with Gasteiger partial charge in [0, 0.05) is 16.8 Å². The molecule has 26 heavy (non-hydrogen) atoms. The Bertz CT molecular complexity index is 979. The van der Waals surface area contributed by atoms with Crippen molar-refractivity contribution in [2.24, 2.45) is 0 Å². The molecule has 130 valence electrons. The number of pyridine rings is 1. The first-order valence-corrected chi connectivity index (χ1v) is 7.76. The van der Waals surface area contributed by atoms with Crippen LogP contribution in [0.25, 0.3) is 11.1 Å². The second kappa shape index (κ2) is 7.06. The van der Waals surface area contributed by atoms with Crippen molar-refractivity contribution in [1.82, 2.24) is 4.98 Å². The third kappa shape index (κ3) is 3.79. The van der Waals surface area contributed by atoms with Crippen molar-refractivity contribution >= 4 is 11.6 Å². The maximum absolute atomic E-state index is 12.8. The van der Waals surface area contributed by atoms with Gasteiger partial charge in [-0.25, -0.2) is 4.98 Å². The third-order valence-electron chi connectivity index (χ3n) is 3.56. The van der Waals surface area contributed by atoms with Crippen LogP contribution in [0.4, 0.5) is 13.2 Å². The monoisotopic (exact) mass is 374 g/mol. The van der Waals surface area contributed by atoms with Gasteiger partial charge in [-0.2, -0.15) is 18.4 Å². The molecule has 0 N–H and O–H groups in total. The quantitative estimate of drug-likeness (QED) is 0.557. The normalized spacial score (nSPS) is 11.0. The summed E-state index contributed by atoms with van der Waals surface area (Å²) in [6.45, 7) is 0. The lowest BCUT2D eigenvalue weighted by Gasteiger charge is -2.12. The molecule has 3 aromatic rings. The predicted molar refractivity (Wildman–Crippen MR) is 90.9 cm³/mol. The van der Waals surface area contributed by atoms with E-state index in [1.807, 2.05) is 6.07 Å². The second-order valence-corrected chi connectivity index (χ2v) is 5.72. The van der Waals surface area contributed by atoms with E-state index in [4.69, 9.17) is 16.3 Å². The molecule has 0 aliphatic heterocycles. The first-order valence-electron chi connectivity index (χ1n) is 7.38. The number of hydrogen-bond acceptors (Lipinski definition) is 3. The molecule has 3 nitrogen and oxygen atoms in total. The first-order chi connectivity index (χ1) is 12.4. The summed E-state index contributed by atoms with van der Waals surface area (Å²) in [4.78, 5) is 3.99. The van der Waals surface area contributed by atoms with Gasteiger partial charge in [-0.15, -0.1) is 0 Å². The molecule has 0 amide bonds. The van der Waals surface area contributed by atoms with Crippen LogP contribution in [-0.2, 0) is 6.18 Å². The summed E-state index contributed by atoms with van der Waals surface area (Å²) in [5.41, 5.74) is 0.526. The van der Waals surface area contributed by atoms with Crippen molar-refractivity contribution in [2.45, 2.75) is 6.18 Å². The van der Waals surface area contributed by atoms with Crippen molar-refractivity contribution in [2.75, 3.05) is 0 Å². The number of halogens is 4. The van der Waals surface area contributed by atoms with Crippen LogP contribution in [0.15, 0.2) is 60.8 Å². The zero-order valence-corrected chi connectivity index (χ0v) is 13.8. The first kappa shape index (κ1) is 17.8. The summed E-state index contributed by atoms with van der Waals surface area (Å²) in [7, 11) is 0. The van der Waals surface area contributed by atoms with Gasteiger partial charge < -0.3 is 4.74 Å². The van der Waals surface area contributed by atoms with E-state index in [1.54, 1.807) is 30.3 Å². The Morgan fingerprint density at radius 1 is 1.04 bits per heavy atom. The van der Waals surface area contributed by atoms with Crippen LogP contribution >= 0.6 is 11.6 Å². The van der Waals surface area contributed by atoms with Crippen LogP contribution in [-0.4, -0.2) is 4.98 Å². The fourth-order valence-electron chi connectivity index (χ4n) is 2.35. The lowest BCUT2D eigenvalue weighted by Crippen LogP contribution is -2.04. The largest absolute Gasteiger partial charge is 0.438 e. The highest BCUT2D eigenvalue weighted by atomic mass is 35.5. The SMILES string of the molecule is N#Cc1c(-c2ccc(Cl)cc2)ccnc1Oc1cccc(C(F)(F)F)c1. The van der Waals surface area contributed by atoms with Crippen LogP contribution in [0.2, 0.25) is 5.02 Å². The van der Waals surface area contributed by atoms with Crippen LogP contribution in [0, 0.1) is 11.3 Å². The van der Waals surface area contributed by atoms with Gasteiger partial charge >= 0.3 is 6.18 Å². The number of nitrogens with zero attached hydrogens (tertiary/aromatic N) is 2. The Balaban J connectivity index is 2.01. The van der Waals surface area contributed by atoms with Gasteiger partial charge in [-0.05, 0) is 42.0 Å². The Labute approximate surface area is 152 Å². The predicted octanol–water partition coefficient (Wildman–Crippen LogP) is 6.08. The average Bonchev–Trinajstić information content (AvgIpc) is 2.62. The highest BCUT2D eigenvalue weighted by molar-refractivity contribution is 6.30. The Hall–Kier alpha value is -3.04. The van der Waals surface area contributed by atoms with Crippen molar-refractivity contribution < 1.29 is 17.9 Å². The highest BCUT2D eigenvalue weighted by Gasteiger charge is 2.30. The summed E-state index contributed by atoms with van der Waals surface area (Å²) >= 11 is 5.87. The van der Waals surface area contributed by atoms with Gasteiger partial charge in [0.25, 0.3) is 0 Å². The number of nitriles is 1. The molecule has 3 rings (SSSR count). The summed E-state index contributed by atoms with van der Waals surface area (Å²) in [6.07, 6.45) is -3.07. The smallest absolute Gasteiger partial charge is 0.416 e. The number of benzene rings is 2. The van der Waals surface area contributed by atoms with Gasteiger partial charge in [0.15, 0.2) is 0 Å². The van der Waals surface area contributed by atoms with Crippen molar-refractivity contribution in [1.29, 1.82) is 5.26 Å². The Kier molecular flexibility index (Phi) is 4.83. The van der Waals surface area contributed by atoms with E-state index >= 15 is 0 Å². The fourth-order valence-corrected chi connectivity index (χ4v) is 2.47. The maximum atomic E-state index is 12.8. The molecular formula is C19H10ClF3N2O. The Morgan fingerprint density at radius 2 is 1.77 bits per heavy atom.